The van der Waals surface area contributed by atoms with Gasteiger partial charge in [0.15, 0.2) is 0 Å². The van der Waals surface area contributed by atoms with Crippen molar-refractivity contribution >= 4 is 5.71 Å². The summed E-state index contributed by atoms with van der Waals surface area (Å²) in [6, 6.07) is 14.1. The number of hydrogen-bond acceptors (Lipinski definition) is 5. The number of rotatable bonds is 9. The van der Waals surface area contributed by atoms with Crippen molar-refractivity contribution in [1.82, 2.24) is 19.8 Å². The molecular weight excluding hydrogens is 390 g/mol. The standard InChI is InChI=1S/C24H29N5O2/c1-4-5-11-22(25-2)18-8-6-9-19(15-18)31-16-21-20(17-13-14-17)10-7-12-23(21)29-24(30)28(3)26-27-29/h6-10,12,15,17H,4-5,11,13-14,16H2,1-3H3. The molecule has 7 heteroatoms. The molecule has 0 N–H and O–H groups in total. The smallest absolute Gasteiger partial charge is 0.368 e. The van der Waals surface area contributed by atoms with Crippen LogP contribution in [0.1, 0.15) is 61.6 Å². The van der Waals surface area contributed by atoms with Gasteiger partial charge in [0.05, 0.1) is 5.69 Å². The zero-order valence-corrected chi connectivity index (χ0v) is 18.4. The van der Waals surface area contributed by atoms with Crippen LogP contribution in [-0.2, 0) is 13.7 Å². The van der Waals surface area contributed by atoms with Gasteiger partial charge in [-0.2, -0.15) is 9.36 Å². The molecule has 0 aliphatic heterocycles. The third-order valence-corrected chi connectivity index (χ3v) is 5.74. The van der Waals surface area contributed by atoms with Crippen molar-refractivity contribution in [3.8, 4) is 11.4 Å². The molecule has 3 aromatic rings. The van der Waals surface area contributed by atoms with Crippen molar-refractivity contribution in [1.29, 1.82) is 0 Å². The van der Waals surface area contributed by atoms with E-state index in [1.54, 1.807) is 7.05 Å². The molecular formula is C24H29N5O2. The first kappa shape index (κ1) is 21.0. The Balaban J connectivity index is 1.62. The summed E-state index contributed by atoms with van der Waals surface area (Å²) < 4.78 is 8.82. The highest BCUT2D eigenvalue weighted by Crippen LogP contribution is 2.43. The summed E-state index contributed by atoms with van der Waals surface area (Å²) in [6.45, 7) is 2.55. The maximum Gasteiger partial charge on any atom is 0.368 e. The quantitative estimate of drug-likeness (QED) is 0.491. The molecule has 0 spiro atoms. The molecule has 1 saturated carbocycles. The highest BCUT2D eigenvalue weighted by Gasteiger charge is 2.28. The molecule has 0 atom stereocenters. The van der Waals surface area contributed by atoms with E-state index in [0.29, 0.717) is 12.5 Å². The number of aliphatic imine (C=N–C) groups is 1. The number of unbranched alkanes of at least 4 members (excludes halogenated alkanes) is 1. The van der Waals surface area contributed by atoms with Gasteiger partial charge >= 0.3 is 5.69 Å². The Hall–Kier alpha value is -3.22. The van der Waals surface area contributed by atoms with Gasteiger partial charge in [0.2, 0.25) is 0 Å². The molecule has 1 fully saturated rings. The van der Waals surface area contributed by atoms with Gasteiger partial charge in [0.25, 0.3) is 0 Å². The van der Waals surface area contributed by atoms with Gasteiger partial charge in [-0.25, -0.2) is 4.79 Å². The van der Waals surface area contributed by atoms with Crippen molar-refractivity contribution in [2.24, 2.45) is 12.0 Å². The molecule has 7 nitrogen and oxygen atoms in total. The second-order valence-electron chi connectivity index (χ2n) is 8.01. The zero-order valence-electron chi connectivity index (χ0n) is 18.4. The molecule has 1 aliphatic rings. The van der Waals surface area contributed by atoms with Crippen LogP contribution < -0.4 is 10.4 Å². The highest BCUT2D eigenvalue weighted by molar-refractivity contribution is 6.00. The van der Waals surface area contributed by atoms with Gasteiger partial charge in [0, 0.05) is 25.4 Å². The lowest BCUT2D eigenvalue weighted by Crippen LogP contribution is -2.23. The second kappa shape index (κ2) is 9.29. The van der Waals surface area contributed by atoms with Crippen LogP contribution in [0.25, 0.3) is 5.69 Å². The van der Waals surface area contributed by atoms with Gasteiger partial charge in [-0.3, -0.25) is 4.99 Å². The van der Waals surface area contributed by atoms with Gasteiger partial charge in [-0.1, -0.05) is 37.6 Å². The predicted molar refractivity (Wildman–Crippen MR) is 121 cm³/mol. The molecule has 0 bridgehead atoms. The van der Waals surface area contributed by atoms with Crippen molar-refractivity contribution in [3.05, 3.63) is 69.6 Å². The van der Waals surface area contributed by atoms with Crippen molar-refractivity contribution in [2.45, 2.75) is 51.6 Å². The number of tetrazole rings is 1. The van der Waals surface area contributed by atoms with Gasteiger partial charge < -0.3 is 4.74 Å². The van der Waals surface area contributed by atoms with Gasteiger partial charge in [-0.15, -0.1) is 0 Å². The number of ether oxygens (including phenoxy) is 1. The number of benzene rings is 2. The van der Waals surface area contributed by atoms with Crippen molar-refractivity contribution in [3.63, 3.8) is 0 Å². The largest absolute Gasteiger partial charge is 0.489 e. The lowest BCUT2D eigenvalue weighted by molar-refractivity contribution is 0.304. The highest BCUT2D eigenvalue weighted by atomic mass is 16.5. The maximum atomic E-state index is 12.5. The number of aryl methyl sites for hydroxylation is 1. The minimum absolute atomic E-state index is 0.268. The molecule has 1 aliphatic carbocycles. The van der Waals surface area contributed by atoms with Crippen molar-refractivity contribution in [2.75, 3.05) is 7.05 Å². The fourth-order valence-electron chi connectivity index (χ4n) is 3.84. The third-order valence-electron chi connectivity index (χ3n) is 5.74. The Morgan fingerprint density at radius 3 is 2.68 bits per heavy atom. The topological polar surface area (TPSA) is 74.3 Å². The van der Waals surface area contributed by atoms with Crippen LogP contribution in [0, 0.1) is 0 Å². The van der Waals surface area contributed by atoms with Crippen LogP contribution in [0.3, 0.4) is 0 Å². The molecule has 1 heterocycles. The molecule has 0 amide bonds. The molecule has 0 unspecified atom stereocenters. The second-order valence-corrected chi connectivity index (χ2v) is 8.01. The summed E-state index contributed by atoms with van der Waals surface area (Å²) in [5.41, 5.74) is 4.87. The molecule has 2 aromatic carbocycles. The monoisotopic (exact) mass is 419 g/mol. The SMILES string of the molecule is CCCCC(=NC)c1cccc(OCc2c(C3CC3)cccc2-n2nnn(C)c2=O)c1. The zero-order chi connectivity index (χ0) is 21.8. The fourth-order valence-corrected chi connectivity index (χ4v) is 3.84. The van der Waals surface area contributed by atoms with Crippen molar-refractivity contribution < 1.29 is 4.74 Å². The molecule has 4 rings (SSSR count). The van der Waals surface area contributed by atoms with E-state index < -0.39 is 0 Å². The summed E-state index contributed by atoms with van der Waals surface area (Å²) in [5, 5.41) is 7.91. The minimum atomic E-state index is -0.268. The number of hydrogen-bond donors (Lipinski definition) is 0. The molecule has 31 heavy (non-hydrogen) atoms. The molecule has 0 radical (unpaired) electrons. The lowest BCUT2D eigenvalue weighted by atomic mass is 10.0. The first-order valence-corrected chi connectivity index (χ1v) is 10.9. The van der Waals surface area contributed by atoms with E-state index in [4.69, 9.17) is 4.74 Å². The average molecular weight is 420 g/mol. The minimum Gasteiger partial charge on any atom is -0.489 e. The van der Waals surface area contributed by atoms with E-state index in [-0.39, 0.29) is 5.69 Å². The summed E-state index contributed by atoms with van der Waals surface area (Å²) in [6.07, 6.45) is 5.53. The summed E-state index contributed by atoms with van der Waals surface area (Å²) in [4.78, 5) is 17.0. The fraction of sp³-hybridized carbons (Fsp3) is 0.417. The van der Waals surface area contributed by atoms with Crippen LogP contribution in [0.2, 0.25) is 0 Å². The average Bonchev–Trinajstić information content (AvgIpc) is 3.58. The molecule has 1 aromatic heterocycles. The number of aromatic nitrogens is 4. The van der Waals surface area contributed by atoms with E-state index in [9.17, 15) is 4.79 Å². The van der Waals surface area contributed by atoms with Crippen LogP contribution >= 0.6 is 0 Å². The third kappa shape index (κ3) is 4.60. The number of nitrogens with zero attached hydrogens (tertiary/aromatic N) is 5. The Bertz CT molecular complexity index is 1140. The molecule has 162 valence electrons. The Labute approximate surface area is 182 Å². The maximum absolute atomic E-state index is 12.5. The Kier molecular flexibility index (Phi) is 6.30. The Morgan fingerprint density at radius 1 is 1.19 bits per heavy atom. The van der Waals surface area contributed by atoms with E-state index in [2.05, 4.69) is 34.5 Å². The van der Waals surface area contributed by atoms with Crippen LogP contribution in [0.15, 0.2) is 52.3 Å². The van der Waals surface area contributed by atoms with Crippen LogP contribution in [0.4, 0.5) is 0 Å². The van der Waals surface area contributed by atoms with Gasteiger partial charge in [0.1, 0.15) is 12.4 Å². The summed E-state index contributed by atoms with van der Waals surface area (Å²) >= 11 is 0. The molecule has 0 saturated heterocycles. The lowest BCUT2D eigenvalue weighted by Gasteiger charge is -2.15. The van der Waals surface area contributed by atoms with Crippen LogP contribution in [-0.4, -0.2) is 32.5 Å². The van der Waals surface area contributed by atoms with E-state index in [0.717, 1.165) is 60.4 Å². The van der Waals surface area contributed by atoms with E-state index in [1.165, 1.54) is 14.9 Å². The normalized spacial score (nSPS) is 14.1. The van der Waals surface area contributed by atoms with Crippen LogP contribution in [0.5, 0.6) is 5.75 Å². The summed E-state index contributed by atoms with van der Waals surface area (Å²) in [7, 11) is 3.44. The van der Waals surface area contributed by atoms with E-state index in [1.807, 2.05) is 37.4 Å². The first-order chi connectivity index (χ1) is 15.1. The van der Waals surface area contributed by atoms with E-state index >= 15 is 0 Å². The first-order valence-electron chi connectivity index (χ1n) is 10.9. The predicted octanol–water partition coefficient (Wildman–Crippen LogP) is 4.03. The van der Waals surface area contributed by atoms with Gasteiger partial charge in [-0.05, 0) is 71.4 Å². The Morgan fingerprint density at radius 2 is 2.00 bits per heavy atom. The summed E-state index contributed by atoms with van der Waals surface area (Å²) in [5.74, 6) is 1.31.